The van der Waals surface area contributed by atoms with Crippen molar-refractivity contribution in [1.29, 1.82) is 0 Å². The third-order valence-corrected chi connectivity index (χ3v) is 4.36. The van der Waals surface area contributed by atoms with Crippen molar-refractivity contribution >= 4 is 21.6 Å². The SMILES string of the molecule is CCOCCCNCc1ccc(-c2nc3ccccc3s2)o1. The van der Waals surface area contributed by atoms with E-state index >= 15 is 0 Å². The molecule has 0 amide bonds. The van der Waals surface area contributed by atoms with E-state index < -0.39 is 0 Å². The van der Waals surface area contributed by atoms with Gasteiger partial charge in [0.25, 0.3) is 0 Å². The van der Waals surface area contributed by atoms with Gasteiger partial charge in [-0.05, 0) is 44.2 Å². The molecule has 0 fully saturated rings. The molecule has 1 N–H and O–H groups in total. The van der Waals surface area contributed by atoms with Gasteiger partial charge in [0.2, 0.25) is 0 Å². The Morgan fingerprint density at radius 1 is 1.23 bits per heavy atom. The van der Waals surface area contributed by atoms with E-state index in [9.17, 15) is 0 Å². The molecule has 0 atom stereocenters. The second-order valence-corrected chi connectivity index (χ2v) is 6.01. The van der Waals surface area contributed by atoms with Gasteiger partial charge in [-0.15, -0.1) is 11.3 Å². The summed E-state index contributed by atoms with van der Waals surface area (Å²) in [6.45, 7) is 5.26. The lowest BCUT2D eigenvalue weighted by Gasteiger charge is -2.02. The first-order valence-electron chi connectivity index (χ1n) is 7.60. The lowest BCUT2D eigenvalue weighted by atomic mass is 10.3. The van der Waals surface area contributed by atoms with Gasteiger partial charge >= 0.3 is 0 Å². The molecule has 0 unspecified atom stereocenters. The fraction of sp³-hybridized carbons (Fsp3) is 0.353. The van der Waals surface area contributed by atoms with Crippen molar-refractivity contribution in [1.82, 2.24) is 10.3 Å². The van der Waals surface area contributed by atoms with E-state index in [4.69, 9.17) is 9.15 Å². The maximum atomic E-state index is 5.88. The van der Waals surface area contributed by atoms with Crippen LogP contribution in [0.3, 0.4) is 0 Å². The summed E-state index contributed by atoms with van der Waals surface area (Å²) in [6.07, 6.45) is 1.01. The van der Waals surface area contributed by atoms with E-state index in [2.05, 4.69) is 16.4 Å². The highest BCUT2D eigenvalue weighted by Gasteiger charge is 2.10. The van der Waals surface area contributed by atoms with Crippen LogP contribution < -0.4 is 5.32 Å². The summed E-state index contributed by atoms with van der Waals surface area (Å²) < 4.78 is 12.4. The zero-order valence-corrected chi connectivity index (χ0v) is 13.5. The third-order valence-electron chi connectivity index (χ3n) is 3.31. The molecule has 0 aliphatic rings. The topological polar surface area (TPSA) is 47.3 Å². The van der Waals surface area contributed by atoms with Crippen LogP contribution in [0.25, 0.3) is 21.0 Å². The normalized spacial score (nSPS) is 11.3. The fourth-order valence-electron chi connectivity index (χ4n) is 2.22. The van der Waals surface area contributed by atoms with Gasteiger partial charge in [0.15, 0.2) is 10.8 Å². The van der Waals surface area contributed by atoms with E-state index in [1.807, 2.05) is 37.3 Å². The Morgan fingerprint density at radius 3 is 3.00 bits per heavy atom. The van der Waals surface area contributed by atoms with Crippen LogP contribution in [-0.2, 0) is 11.3 Å². The highest BCUT2D eigenvalue weighted by Crippen LogP contribution is 2.30. The van der Waals surface area contributed by atoms with Crippen LogP contribution in [0.5, 0.6) is 0 Å². The molecule has 2 aromatic heterocycles. The predicted molar refractivity (Wildman–Crippen MR) is 90.1 cm³/mol. The van der Waals surface area contributed by atoms with E-state index in [-0.39, 0.29) is 0 Å². The molecule has 116 valence electrons. The molecule has 0 aliphatic carbocycles. The minimum atomic E-state index is 0.733. The number of nitrogens with zero attached hydrogens (tertiary/aromatic N) is 1. The van der Waals surface area contributed by atoms with E-state index in [1.165, 1.54) is 4.70 Å². The summed E-state index contributed by atoms with van der Waals surface area (Å²) in [4.78, 5) is 4.61. The van der Waals surface area contributed by atoms with Crippen LogP contribution in [0.15, 0.2) is 40.8 Å². The van der Waals surface area contributed by atoms with Crippen molar-refractivity contribution in [2.75, 3.05) is 19.8 Å². The molecule has 0 spiro atoms. The highest BCUT2D eigenvalue weighted by atomic mass is 32.1. The molecule has 0 saturated heterocycles. The molecule has 0 bridgehead atoms. The van der Waals surface area contributed by atoms with Crippen LogP contribution in [0, 0.1) is 0 Å². The quantitative estimate of drug-likeness (QED) is 0.636. The summed E-state index contributed by atoms with van der Waals surface area (Å²) >= 11 is 1.66. The number of furan rings is 1. The van der Waals surface area contributed by atoms with Crippen LogP contribution in [0.1, 0.15) is 19.1 Å². The van der Waals surface area contributed by atoms with Crippen molar-refractivity contribution in [2.45, 2.75) is 19.9 Å². The Balaban J connectivity index is 1.56. The number of ether oxygens (including phenoxy) is 1. The van der Waals surface area contributed by atoms with Gasteiger partial charge in [-0.3, -0.25) is 0 Å². The smallest absolute Gasteiger partial charge is 0.163 e. The molecule has 4 nitrogen and oxygen atoms in total. The number of aromatic nitrogens is 1. The first-order chi connectivity index (χ1) is 10.9. The Labute approximate surface area is 134 Å². The molecule has 1 aromatic carbocycles. The van der Waals surface area contributed by atoms with Gasteiger partial charge in [0, 0.05) is 13.2 Å². The Kier molecular flexibility index (Phi) is 5.21. The van der Waals surface area contributed by atoms with Crippen LogP contribution in [0.4, 0.5) is 0 Å². The van der Waals surface area contributed by atoms with Crippen molar-refractivity contribution in [3.05, 3.63) is 42.2 Å². The first kappa shape index (κ1) is 15.2. The lowest BCUT2D eigenvalue weighted by Crippen LogP contribution is -2.15. The second kappa shape index (κ2) is 7.54. The first-order valence-corrected chi connectivity index (χ1v) is 8.41. The third kappa shape index (κ3) is 3.74. The molecule has 3 aromatic rings. The molecule has 2 heterocycles. The maximum absolute atomic E-state index is 5.88. The molecular weight excluding hydrogens is 296 g/mol. The molecular formula is C17H20N2O2S. The number of hydrogen-bond acceptors (Lipinski definition) is 5. The lowest BCUT2D eigenvalue weighted by molar-refractivity contribution is 0.144. The van der Waals surface area contributed by atoms with Gasteiger partial charge in [-0.25, -0.2) is 4.98 Å². The molecule has 0 saturated carbocycles. The number of hydrogen-bond donors (Lipinski definition) is 1. The highest BCUT2D eigenvalue weighted by molar-refractivity contribution is 7.21. The predicted octanol–water partition coefficient (Wildman–Crippen LogP) is 4.07. The molecule has 0 aliphatic heterocycles. The number of benzene rings is 1. The van der Waals surface area contributed by atoms with E-state index in [1.54, 1.807) is 11.3 Å². The van der Waals surface area contributed by atoms with Crippen molar-refractivity contribution in [3.8, 4) is 10.8 Å². The maximum Gasteiger partial charge on any atom is 0.163 e. The van der Waals surface area contributed by atoms with Crippen molar-refractivity contribution < 1.29 is 9.15 Å². The molecule has 22 heavy (non-hydrogen) atoms. The minimum absolute atomic E-state index is 0.733. The number of fused-ring (bicyclic) bond motifs is 1. The summed E-state index contributed by atoms with van der Waals surface area (Å²) in [5.74, 6) is 1.78. The van der Waals surface area contributed by atoms with E-state index in [0.29, 0.717) is 0 Å². The van der Waals surface area contributed by atoms with Crippen LogP contribution in [-0.4, -0.2) is 24.7 Å². The zero-order chi connectivity index (χ0) is 15.2. The number of para-hydroxylation sites is 1. The Hall–Kier alpha value is -1.69. The Bertz CT molecular complexity index is 687. The van der Waals surface area contributed by atoms with Crippen molar-refractivity contribution in [3.63, 3.8) is 0 Å². The molecule has 0 radical (unpaired) electrons. The van der Waals surface area contributed by atoms with Crippen LogP contribution in [0.2, 0.25) is 0 Å². The monoisotopic (exact) mass is 316 g/mol. The van der Waals surface area contributed by atoms with Crippen molar-refractivity contribution in [2.24, 2.45) is 0 Å². The molecule has 3 rings (SSSR count). The Morgan fingerprint density at radius 2 is 2.14 bits per heavy atom. The second-order valence-electron chi connectivity index (χ2n) is 4.98. The number of nitrogens with one attached hydrogen (secondary N) is 1. The van der Waals surface area contributed by atoms with Gasteiger partial charge in [-0.1, -0.05) is 12.1 Å². The fourth-order valence-corrected chi connectivity index (χ4v) is 3.15. The largest absolute Gasteiger partial charge is 0.457 e. The van der Waals surface area contributed by atoms with E-state index in [0.717, 1.165) is 54.8 Å². The average Bonchev–Trinajstić information content (AvgIpc) is 3.16. The minimum Gasteiger partial charge on any atom is -0.457 e. The van der Waals surface area contributed by atoms with Crippen LogP contribution >= 0.6 is 11.3 Å². The van der Waals surface area contributed by atoms with Gasteiger partial charge in [-0.2, -0.15) is 0 Å². The van der Waals surface area contributed by atoms with Gasteiger partial charge in [0.05, 0.1) is 16.8 Å². The molecule has 5 heteroatoms. The number of rotatable bonds is 8. The number of thiazole rings is 1. The summed E-state index contributed by atoms with van der Waals surface area (Å²) in [7, 11) is 0. The zero-order valence-electron chi connectivity index (χ0n) is 12.7. The summed E-state index contributed by atoms with van der Waals surface area (Å²) in [6, 6.07) is 12.2. The van der Waals surface area contributed by atoms with Gasteiger partial charge in [0.1, 0.15) is 5.76 Å². The summed E-state index contributed by atoms with van der Waals surface area (Å²) in [5.41, 5.74) is 1.02. The average molecular weight is 316 g/mol. The van der Waals surface area contributed by atoms with Gasteiger partial charge < -0.3 is 14.5 Å². The summed E-state index contributed by atoms with van der Waals surface area (Å²) in [5, 5.41) is 4.30. The standard InChI is InChI=1S/C17H20N2O2S/c1-2-20-11-5-10-18-12-13-8-9-15(21-13)17-19-14-6-3-4-7-16(14)22-17/h3-4,6-9,18H,2,5,10-12H2,1H3.